The number of aryl methyl sites for hydroxylation is 1. The van der Waals surface area contributed by atoms with Crippen LogP contribution >= 0.6 is 0 Å². The summed E-state index contributed by atoms with van der Waals surface area (Å²) in [6, 6.07) is 25.0. The van der Waals surface area contributed by atoms with E-state index in [2.05, 4.69) is 0 Å². The first-order chi connectivity index (χ1) is 14.4. The minimum atomic E-state index is -3.86. The summed E-state index contributed by atoms with van der Waals surface area (Å²) in [5.41, 5.74) is 1.84. The highest BCUT2D eigenvalue weighted by Crippen LogP contribution is 2.43. The Kier molecular flexibility index (Phi) is 5.22. The summed E-state index contributed by atoms with van der Waals surface area (Å²) < 4.78 is 32.8. The van der Waals surface area contributed by atoms with Gasteiger partial charge in [0.05, 0.1) is 12.0 Å². The molecule has 0 aromatic heterocycles. The molecule has 0 saturated carbocycles. The van der Waals surface area contributed by atoms with Crippen molar-refractivity contribution >= 4 is 20.6 Å². The van der Waals surface area contributed by atoms with Crippen molar-refractivity contribution in [2.45, 2.75) is 17.1 Å². The van der Waals surface area contributed by atoms with Gasteiger partial charge in [0, 0.05) is 5.56 Å². The molecular formula is C25H22O4S. The Morgan fingerprint density at radius 3 is 2.23 bits per heavy atom. The van der Waals surface area contributed by atoms with E-state index < -0.39 is 15.1 Å². The number of benzene rings is 4. The second-order valence-electron chi connectivity index (χ2n) is 7.24. The lowest BCUT2D eigenvalue weighted by molar-refractivity contribution is 0.370. The Labute approximate surface area is 176 Å². The first kappa shape index (κ1) is 20.0. The van der Waals surface area contributed by atoms with Crippen LogP contribution in [-0.4, -0.2) is 20.6 Å². The third kappa shape index (κ3) is 3.53. The quantitative estimate of drug-likeness (QED) is 0.470. The van der Waals surface area contributed by atoms with Crippen LogP contribution in [0.25, 0.3) is 10.8 Å². The van der Waals surface area contributed by atoms with E-state index in [4.69, 9.17) is 4.74 Å². The molecule has 0 amide bonds. The Balaban J connectivity index is 1.98. The number of hydrogen-bond acceptors (Lipinski definition) is 4. The summed E-state index contributed by atoms with van der Waals surface area (Å²) in [4.78, 5) is 0.202. The molecule has 0 aliphatic carbocycles. The van der Waals surface area contributed by atoms with Gasteiger partial charge in [-0.05, 0) is 47.5 Å². The molecule has 4 aromatic carbocycles. The predicted molar refractivity (Wildman–Crippen MR) is 119 cm³/mol. The zero-order valence-corrected chi connectivity index (χ0v) is 17.6. The van der Waals surface area contributed by atoms with E-state index >= 15 is 0 Å². The smallest absolute Gasteiger partial charge is 0.189 e. The molecule has 0 heterocycles. The van der Waals surface area contributed by atoms with Gasteiger partial charge in [-0.15, -0.1) is 0 Å². The highest BCUT2D eigenvalue weighted by Gasteiger charge is 2.33. The summed E-state index contributed by atoms with van der Waals surface area (Å²) >= 11 is 0. The maximum atomic E-state index is 13.8. The van der Waals surface area contributed by atoms with Crippen molar-refractivity contribution in [1.82, 2.24) is 0 Å². The van der Waals surface area contributed by atoms with Crippen molar-refractivity contribution < 1.29 is 18.3 Å². The lowest BCUT2D eigenvalue weighted by Gasteiger charge is -2.21. The number of methoxy groups -OCH3 is 1. The molecule has 0 aliphatic rings. The average molecular weight is 419 g/mol. The number of fused-ring (bicyclic) bond motifs is 1. The summed E-state index contributed by atoms with van der Waals surface area (Å²) in [7, 11) is -2.41. The molecule has 0 bridgehead atoms. The number of para-hydroxylation sites is 1. The molecule has 0 radical (unpaired) electrons. The number of aromatic hydroxyl groups is 1. The van der Waals surface area contributed by atoms with Gasteiger partial charge in [0.2, 0.25) is 0 Å². The first-order valence-electron chi connectivity index (χ1n) is 9.57. The SMILES string of the molecule is COc1cccc(C(c2ccc3ccccc3c2)S(=O)(=O)c2ccc(C)cc2)c1O. The van der Waals surface area contributed by atoms with Gasteiger partial charge in [-0.25, -0.2) is 8.42 Å². The van der Waals surface area contributed by atoms with E-state index in [0.717, 1.165) is 16.3 Å². The van der Waals surface area contributed by atoms with Crippen LogP contribution < -0.4 is 4.74 Å². The number of ether oxygens (including phenoxy) is 1. The van der Waals surface area contributed by atoms with E-state index in [9.17, 15) is 13.5 Å². The van der Waals surface area contributed by atoms with Gasteiger partial charge in [0.1, 0.15) is 5.25 Å². The monoisotopic (exact) mass is 418 g/mol. The molecule has 0 fully saturated rings. The summed E-state index contributed by atoms with van der Waals surface area (Å²) in [6.45, 7) is 1.91. The predicted octanol–water partition coefficient (Wildman–Crippen LogP) is 5.43. The number of hydrogen-bond donors (Lipinski definition) is 1. The molecular weight excluding hydrogens is 396 g/mol. The second-order valence-corrected chi connectivity index (χ2v) is 9.28. The van der Waals surface area contributed by atoms with Gasteiger partial charge >= 0.3 is 0 Å². The maximum absolute atomic E-state index is 13.8. The van der Waals surface area contributed by atoms with Gasteiger partial charge in [0.15, 0.2) is 21.3 Å². The van der Waals surface area contributed by atoms with Crippen LogP contribution in [0.15, 0.2) is 89.8 Å². The zero-order valence-electron chi connectivity index (χ0n) is 16.7. The molecule has 152 valence electrons. The molecule has 0 aliphatic heterocycles. The summed E-state index contributed by atoms with van der Waals surface area (Å²) in [6.07, 6.45) is 0. The Hall–Kier alpha value is -3.31. The Bertz CT molecular complexity index is 1310. The van der Waals surface area contributed by atoms with E-state index in [-0.39, 0.29) is 22.0 Å². The topological polar surface area (TPSA) is 63.6 Å². The molecule has 0 saturated heterocycles. The molecule has 5 heteroatoms. The first-order valence-corrected chi connectivity index (χ1v) is 11.1. The van der Waals surface area contributed by atoms with Gasteiger partial charge < -0.3 is 9.84 Å². The molecule has 4 rings (SSSR count). The van der Waals surface area contributed by atoms with Crippen LogP contribution in [0.5, 0.6) is 11.5 Å². The highest BCUT2D eigenvalue weighted by atomic mass is 32.2. The van der Waals surface area contributed by atoms with Gasteiger partial charge in [0.25, 0.3) is 0 Å². The minimum Gasteiger partial charge on any atom is -0.504 e. The molecule has 1 unspecified atom stereocenters. The van der Waals surface area contributed by atoms with Crippen LogP contribution in [0.1, 0.15) is 21.9 Å². The fourth-order valence-corrected chi connectivity index (χ4v) is 5.49. The van der Waals surface area contributed by atoms with Crippen molar-refractivity contribution in [1.29, 1.82) is 0 Å². The van der Waals surface area contributed by atoms with Crippen molar-refractivity contribution in [3.8, 4) is 11.5 Å². The lowest BCUT2D eigenvalue weighted by Crippen LogP contribution is -2.16. The minimum absolute atomic E-state index is 0.172. The highest BCUT2D eigenvalue weighted by molar-refractivity contribution is 7.92. The van der Waals surface area contributed by atoms with Crippen LogP contribution in [0, 0.1) is 6.92 Å². The van der Waals surface area contributed by atoms with E-state index in [0.29, 0.717) is 5.56 Å². The lowest BCUT2D eigenvalue weighted by atomic mass is 10.00. The van der Waals surface area contributed by atoms with Crippen LogP contribution in [0.3, 0.4) is 0 Å². The summed E-state index contributed by atoms with van der Waals surface area (Å²) in [5, 5.41) is 11.7. The molecule has 30 heavy (non-hydrogen) atoms. The Morgan fingerprint density at radius 2 is 1.53 bits per heavy atom. The molecule has 0 spiro atoms. The Morgan fingerprint density at radius 1 is 0.833 bits per heavy atom. The third-order valence-electron chi connectivity index (χ3n) is 5.27. The van der Waals surface area contributed by atoms with E-state index in [1.807, 2.05) is 43.3 Å². The summed E-state index contributed by atoms with van der Waals surface area (Å²) in [5.74, 6) is 0.0613. The molecule has 1 N–H and O–H groups in total. The van der Waals surface area contributed by atoms with Crippen LogP contribution in [0.4, 0.5) is 0 Å². The second kappa shape index (κ2) is 7.84. The van der Waals surface area contributed by atoms with E-state index in [1.54, 1.807) is 48.5 Å². The van der Waals surface area contributed by atoms with Crippen molar-refractivity contribution in [3.05, 3.63) is 102 Å². The number of phenolic OH excluding ortho intramolecular Hbond substituents is 1. The number of sulfone groups is 1. The van der Waals surface area contributed by atoms with Crippen LogP contribution in [0.2, 0.25) is 0 Å². The molecule has 4 aromatic rings. The normalized spacial score (nSPS) is 12.6. The zero-order chi connectivity index (χ0) is 21.3. The number of rotatable bonds is 5. The van der Waals surface area contributed by atoms with Crippen molar-refractivity contribution in [2.24, 2.45) is 0 Å². The molecule has 4 nitrogen and oxygen atoms in total. The van der Waals surface area contributed by atoms with Crippen LogP contribution in [-0.2, 0) is 9.84 Å². The fraction of sp³-hybridized carbons (Fsp3) is 0.120. The average Bonchev–Trinajstić information content (AvgIpc) is 2.75. The third-order valence-corrected chi connectivity index (χ3v) is 7.34. The van der Waals surface area contributed by atoms with E-state index in [1.165, 1.54) is 7.11 Å². The van der Waals surface area contributed by atoms with Gasteiger partial charge in [-0.1, -0.05) is 66.2 Å². The number of phenols is 1. The van der Waals surface area contributed by atoms with Crippen molar-refractivity contribution in [3.63, 3.8) is 0 Å². The largest absolute Gasteiger partial charge is 0.504 e. The standard InChI is InChI=1S/C25H22O4S/c1-17-10-14-21(15-11-17)30(27,28)25(22-8-5-9-23(29-2)24(22)26)20-13-12-18-6-3-4-7-19(18)16-20/h3-16,25-26H,1-2H3. The van der Waals surface area contributed by atoms with Gasteiger partial charge in [-0.2, -0.15) is 0 Å². The van der Waals surface area contributed by atoms with Gasteiger partial charge in [-0.3, -0.25) is 0 Å². The molecule has 1 atom stereocenters. The fourth-order valence-electron chi connectivity index (χ4n) is 3.68. The maximum Gasteiger partial charge on any atom is 0.189 e. The van der Waals surface area contributed by atoms with Crippen molar-refractivity contribution in [2.75, 3.05) is 7.11 Å².